The first kappa shape index (κ1) is 21.0. The van der Waals surface area contributed by atoms with Crippen LogP contribution in [-0.2, 0) is 9.59 Å². The molecule has 10 heteroatoms. The SMILES string of the molecule is CCNC(=O)CC[C@H](N)C(=O)O.O=C(O)c1cc(O)c(O)c(O)c1. The summed E-state index contributed by atoms with van der Waals surface area (Å²) in [4.78, 5) is 31.3. The summed E-state index contributed by atoms with van der Waals surface area (Å²) in [5.74, 6) is -4.56. The van der Waals surface area contributed by atoms with Gasteiger partial charge in [0.15, 0.2) is 17.2 Å². The third-order valence-electron chi connectivity index (χ3n) is 2.69. The number of carboxylic acid groups (broad SMARTS) is 2. The fourth-order valence-corrected chi connectivity index (χ4v) is 1.42. The Bertz CT molecular complexity index is 579. The number of carbonyl (C=O) groups is 3. The molecule has 0 saturated heterocycles. The molecule has 1 rings (SSSR count). The standard InChI is InChI=1S/C7H14N2O3.C7H6O5/c1-2-9-6(10)4-3-5(8)7(11)12;8-4-1-3(7(11)12)2-5(9)6(4)10/h5H,2-4,8H2,1H3,(H,9,10)(H,11,12);1-2,8-10H,(H,11,12)/t5-;/m0./s1. The Kier molecular flexibility index (Phi) is 8.65. The van der Waals surface area contributed by atoms with Crippen LogP contribution in [0.25, 0.3) is 0 Å². The van der Waals surface area contributed by atoms with E-state index in [1.807, 2.05) is 0 Å². The van der Waals surface area contributed by atoms with Gasteiger partial charge in [-0.3, -0.25) is 9.59 Å². The minimum Gasteiger partial charge on any atom is -0.504 e. The average molecular weight is 344 g/mol. The van der Waals surface area contributed by atoms with Gasteiger partial charge in [0.05, 0.1) is 5.56 Å². The molecule has 0 unspecified atom stereocenters. The van der Waals surface area contributed by atoms with E-state index in [2.05, 4.69) is 5.32 Å². The second kappa shape index (κ2) is 9.90. The molecule has 0 aliphatic rings. The third-order valence-corrected chi connectivity index (χ3v) is 2.69. The molecule has 0 spiro atoms. The lowest BCUT2D eigenvalue weighted by molar-refractivity contribution is -0.138. The molecule has 1 atom stereocenters. The van der Waals surface area contributed by atoms with Crippen molar-refractivity contribution in [3.63, 3.8) is 0 Å². The van der Waals surface area contributed by atoms with Crippen molar-refractivity contribution < 1.29 is 39.9 Å². The molecule has 0 aliphatic carbocycles. The number of phenols is 3. The van der Waals surface area contributed by atoms with E-state index >= 15 is 0 Å². The van der Waals surface area contributed by atoms with Gasteiger partial charge in [-0.05, 0) is 25.5 Å². The average Bonchev–Trinajstić information content (AvgIpc) is 2.50. The Labute approximate surface area is 137 Å². The number of hydrogen-bond donors (Lipinski definition) is 7. The molecule has 24 heavy (non-hydrogen) atoms. The Morgan fingerprint density at radius 3 is 2.00 bits per heavy atom. The number of aromatic carboxylic acids is 1. The number of nitrogens with one attached hydrogen (secondary N) is 1. The number of aromatic hydroxyl groups is 3. The number of carboxylic acids is 2. The molecule has 1 amide bonds. The van der Waals surface area contributed by atoms with Gasteiger partial charge < -0.3 is 36.6 Å². The fraction of sp³-hybridized carbons (Fsp3) is 0.357. The summed E-state index contributed by atoms with van der Waals surface area (Å²) in [7, 11) is 0. The molecule has 1 aromatic rings. The molecule has 0 radical (unpaired) electrons. The van der Waals surface area contributed by atoms with Crippen LogP contribution in [0.4, 0.5) is 0 Å². The maximum absolute atomic E-state index is 10.8. The van der Waals surface area contributed by atoms with E-state index < -0.39 is 35.2 Å². The first-order chi connectivity index (χ1) is 11.1. The molecule has 0 heterocycles. The lowest BCUT2D eigenvalue weighted by Gasteiger charge is -2.05. The highest BCUT2D eigenvalue weighted by Crippen LogP contribution is 2.35. The number of phenolic OH excluding ortho intramolecular Hbond substituents is 3. The quantitative estimate of drug-likeness (QED) is 0.343. The predicted molar refractivity (Wildman–Crippen MR) is 81.9 cm³/mol. The monoisotopic (exact) mass is 344 g/mol. The van der Waals surface area contributed by atoms with Crippen molar-refractivity contribution >= 4 is 17.8 Å². The topological polar surface area (TPSA) is 190 Å². The second-order valence-corrected chi connectivity index (χ2v) is 4.61. The van der Waals surface area contributed by atoms with Gasteiger partial charge in [-0.1, -0.05) is 0 Å². The Hall–Kier alpha value is -3.01. The van der Waals surface area contributed by atoms with E-state index in [1.165, 1.54) is 0 Å². The highest BCUT2D eigenvalue weighted by atomic mass is 16.4. The Morgan fingerprint density at radius 2 is 1.62 bits per heavy atom. The molecule has 134 valence electrons. The number of aliphatic carboxylic acids is 1. The van der Waals surface area contributed by atoms with Gasteiger partial charge in [-0.15, -0.1) is 0 Å². The zero-order valence-electron chi connectivity index (χ0n) is 12.9. The summed E-state index contributed by atoms with van der Waals surface area (Å²) >= 11 is 0. The van der Waals surface area contributed by atoms with Gasteiger partial charge in [0.2, 0.25) is 5.91 Å². The smallest absolute Gasteiger partial charge is 0.335 e. The van der Waals surface area contributed by atoms with Crippen molar-refractivity contribution in [1.82, 2.24) is 5.32 Å². The Morgan fingerprint density at radius 1 is 1.12 bits per heavy atom. The number of hydrogen-bond acceptors (Lipinski definition) is 7. The van der Waals surface area contributed by atoms with Crippen LogP contribution in [0.5, 0.6) is 17.2 Å². The first-order valence-corrected chi connectivity index (χ1v) is 6.83. The summed E-state index contributed by atoms with van der Waals surface area (Å²) in [5.41, 5.74) is 4.89. The van der Waals surface area contributed by atoms with Gasteiger partial charge in [0, 0.05) is 13.0 Å². The Balaban J connectivity index is 0.000000441. The van der Waals surface area contributed by atoms with Crippen molar-refractivity contribution in [1.29, 1.82) is 0 Å². The van der Waals surface area contributed by atoms with Crippen molar-refractivity contribution in [2.24, 2.45) is 5.73 Å². The van der Waals surface area contributed by atoms with Crippen LogP contribution < -0.4 is 11.1 Å². The van der Waals surface area contributed by atoms with Crippen molar-refractivity contribution in [2.75, 3.05) is 6.54 Å². The molecule has 8 N–H and O–H groups in total. The molecule has 10 nitrogen and oxygen atoms in total. The van der Waals surface area contributed by atoms with E-state index in [0.717, 1.165) is 12.1 Å². The summed E-state index contributed by atoms with van der Waals surface area (Å²) < 4.78 is 0. The van der Waals surface area contributed by atoms with Gasteiger partial charge in [-0.25, -0.2) is 4.79 Å². The molecular formula is C14H20N2O8. The molecule has 0 aromatic heterocycles. The van der Waals surface area contributed by atoms with Crippen molar-refractivity contribution in [3.05, 3.63) is 17.7 Å². The molecule has 0 saturated carbocycles. The molecule has 0 fully saturated rings. The minimum absolute atomic E-state index is 0.158. The van der Waals surface area contributed by atoms with Crippen LogP contribution in [-0.4, -0.2) is 56.0 Å². The van der Waals surface area contributed by atoms with Gasteiger partial charge in [0.25, 0.3) is 0 Å². The number of amides is 1. The van der Waals surface area contributed by atoms with Gasteiger partial charge in [-0.2, -0.15) is 0 Å². The van der Waals surface area contributed by atoms with Crippen LogP contribution in [0.3, 0.4) is 0 Å². The highest BCUT2D eigenvalue weighted by Gasteiger charge is 2.13. The number of nitrogens with two attached hydrogens (primary N) is 1. The second-order valence-electron chi connectivity index (χ2n) is 4.61. The van der Waals surface area contributed by atoms with Crippen molar-refractivity contribution in [3.8, 4) is 17.2 Å². The van der Waals surface area contributed by atoms with Crippen LogP contribution in [0, 0.1) is 0 Å². The van der Waals surface area contributed by atoms with E-state index in [0.29, 0.717) is 6.54 Å². The number of rotatable bonds is 6. The van der Waals surface area contributed by atoms with Gasteiger partial charge >= 0.3 is 11.9 Å². The fourth-order valence-electron chi connectivity index (χ4n) is 1.42. The van der Waals surface area contributed by atoms with Crippen LogP contribution in [0.15, 0.2) is 12.1 Å². The van der Waals surface area contributed by atoms with Gasteiger partial charge in [0.1, 0.15) is 6.04 Å². The third kappa shape index (κ3) is 7.31. The van der Waals surface area contributed by atoms with Crippen LogP contribution in [0.2, 0.25) is 0 Å². The molecule has 0 bridgehead atoms. The largest absolute Gasteiger partial charge is 0.504 e. The number of benzene rings is 1. The van der Waals surface area contributed by atoms with E-state index in [4.69, 9.17) is 31.3 Å². The highest BCUT2D eigenvalue weighted by molar-refractivity contribution is 5.89. The van der Waals surface area contributed by atoms with Crippen molar-refractivity contribution in [2.45, 2.75) is 25.8 Å². The maximum Gasteiger partial charge on any atom is 0.335 e. The van der Waals surface area contributed by atoms with E-state index in [-0.39, 0.29) is 24.3 Å². The first-order valence-electron chi connectivity index (χ1n) is 6.83. The zero-order valence-corrected chi connectivity index (χ0v) is 12.9. The maximum atomic E-state index is 10.8. The summed E-state index contributed by atoms with van der Waals surface area (Å²) in [5, 5.41) is 45.9. The predicted octanol–water partition coefficient (Wildman–Crippen LogP) is -0.184. The van der Waals surface area contributed by atoms with E-state index in [1.54, 1.807) is 6.92 Å². The summed E-state index contributed by atoms with van der Waals surface area (Å²) in [6, 6.07) is 0.752. The lowest BCUT2D eigenvalue weighted by atomic mass is 10.1. The zero-order chi connectivity index (χ0) is 18.9. The van der Waals surface area contributed by atoms with E-state index in [9.17, 15) is 14.4 Å². The minimum atomic E-state index is -1.29. The normalized spacial score (nSPS) is 10.9. The summed E-state index contributed by atoms with van der Waals surface area (Å²) in [6.45, 7) is 2.36. The van der Waals surface area contributed by atoms with Crippen LogP contribution in [0.1, 0.15) is 30.1 Å². The lowest BCUT2D eigenvalue weighted by Crippen LogP contribution is -2.32. The molecular weight excluding hydrogens is 324 g/mol. The number of carbonyl (C=O) groups excluding carboxylic acids is 1. The molecule has 1 aromatic carbocycles. The van der Waals surface area contributed by atoms with Crippen LogP contribution >= 0.6 is 0 Å². The molecule has 0 aliphatic heterocycles. The summed E-state index contributed by atoms with van der Waals surface area (Å²) in [6.07, 6.45) is 0.350.